The number of rotatable bonds is 7. The molecule has 1 aromatic heterocycles. The van der Waals surface area contributed by atoms with E-state index in [2.05, 4.69) is 17.2 Å². The summed E-state index contributed by atoms with van der Waals surface area (Å²) < 4.78 is 0. The zero-order valence-corrected chi connectivity index (χ0v) is 9.50. The van der Waals surface area contributed by atoms with Crippen molar-refractivity contribution in [1.29, 1.82) is 0 Å². The molecule has 0 saturated heterocycles. The molecule has 84 valence electrons. The summed E-state index contributed by atoms with van der Waals surface area (Å²) in [7, 11) is 0. The first-order valence-electron chi connectivity index (χ1n) is 5.69. The van der Waals surface area contributed by atoms with Gasteiger partial charge in [-0.25, -0.2) is 0 Å². The molecule has 0 aliphatic carbocycles. The quantitative estimate of drug-likeness (QED) is 0.675. The summed E-state index contributed by atoms with van der Waals surface area (Å²) in [6, 6.07) is 2.02. The third-order valence-corrected chi connectivity index (χ3v) is 2.47. The number of anilines is 1. The van der Waals surface area contributed by atoms with Gasteiger partial charge in [-0.1, -0.05) is 12.8 Å². The van der Waals surface area contributed by atoms with Gasteiger partial charge in [-0.05, 0) is 37.9 Å². The highest BCUT2D eigenvalue weighted by atomic mass is 14.9. The van der Waals surface area contributed by atoms with Crippen LogP contribution >= 0.6 is 0 Å². The van der Waals surface area contributed by atoms with Crippen LogP contribution in [0.25, 0.3) is 0 Å². The normalized spacial score (nSPS) is 10.3. The number of unbranched alkanes of at least 4 members (excludes halogenated alkanes) is 3. The molecule has 0 aliphatic heterocycles. The molecule has 1 heterocycles. The molecule has 0 saturated carbocycles. The van der Waals surface area contributed by atoms with Crippen molar-refractivity contribution in [2.45, 2.75) is 32.6 Å². The lowest BCUT2D eigenvalue weighted by atomic mass is 10.2. The first-order valence-corrected chi connectivity index (χ1v) is 5.69. The average Bonchev–Trinajstić information content (AvgIpc) is 2.25. The van der Waals surface area contributed by atoms with E-state index in [1.54, 1.807) is 0 Å². The average molecular weight is 207 g/mol. The number of hydrogen-bond donors (Lipinski definition) is 2. The Morgan fingerprint density at radius 2 is 2.07 bits per heavy atom. The van der Waals surface area contributed by atoms with Crippen LogP contribution in [0.5, 0.6) is 0 Å². The summed E-state index contributed by atoms with van der Waals surface area (Å²) in [5.41, 5.74) is 7.84. The van der Waals surface area contributed by atoms with Crippen LogP contribution in [0.1, 0.15) is 31.2 Å². The Bertz CT molecular complexity index is 273. The number of nitrogens with two attached hydrogens (primary N) is 1. The molecular formula is C12H21N3. The first kappa shape index (κ1) is 12.0. The van der Waals surface area contributed by atoms with E-state index >= 15 is 0 Å². The Morgan fingerprint density at radius 1 is 1.27 bits per heavy atom. The monoisotopic (exact) mass is 207 g/mol. The van der Waals surface area contributed by atoms with Crippen molar-refractivity contribution in [2.75, 3.05) is 18.4 Å². The van der Waals surface area contributed by atoms with Crippen LogP contribution in [-0.4, -0.2) is 18.1 Å². The molecule has 3 nitrogen and oxygen atoms in total. The van der Waals surface area contributed by atoms with Gasteiger partial charge in [0.1, 0.15) is 0 Å². The number of nitrogens with one attached hydrogen (secondary N) is 1. The molecule has 0 spiro atoms. The maximum absolute atomic E-state index is 5.43. The van der Waals surface area contributed by atoms with Crippen molar-refractivity contribution in [1.82, 2.24) is 4.98 Å². The minimum atomic E-state index is 0.816. The van der Waals surface area contributed by atoms with Gasteiger partial charge in [-0.15, -0.1) is 0 Å². The molecule has 3 heteroatoms. The van der Waals surface area contributed by atoms with Gasteiger partial charge in [-0.3, -0.25) is 4.98 Å². The second-order valence-electron chi connectivity index (χ2n) is 3.82. The van der Waals surface area contributed by atoms with Crippen LogP contribution in [0.2, 0.25) is 0 Å². The van der Waals surface area contributed by atoms with Crippen molar-refractivity contribution in [3.63, 3.8) is 0 Å². The lowest BCUT2D eigenvalue weighted by Crippen LogP contribution is -2.04. The summed E-state index contributed by atoms with van der Waals surface area (Å²) in [5, 5.41) is 3.42. The van der Waals surface area contributed by atoms with Gasteiger partial charge < -0.3 is 11.1 Å². The van der Waals surface area contributed by atoms with Crippen molar-refractivity contribution in [3.8, 4) is 0 Å². The highest BCUT2D eigenvalue weighted by molar-refractivity contribution is 5.48. The predicted octanol–water partition coefficient (Wildman–Crippen LogP) is 2.32. The number of nitrogens with zero attached hydrogens (tertiary/aromatic N) is 1. The highest BCUT2D eigenvalue weighted by Crippen LogP contribution is 2.11. The molecule has 0 amide bonds. The second kappa shape index (κ2) is 7.23. The molecule has 0 atom stereocenters. The van der Waals surface area contributed by atoms with Crippen molar-refractivity contribution >= 4 is 5.69 Å². The fourth-order valence-corrected chi connectivity index (χ4v) is 1.52. The van der Waals surface area contributed by atoms with Crippen LogP contribution in [0.15, 0.2) is 18.5 Å². The largest absolute Gasteiger partial charge is 0.385 e. The molecule has 0 radical (unpaired) electrons. The lowest BCUT2D eigenvalue weighted by molar-refractivity contribution is 0.661. The molecule has 0 unspecified atom stereocenters. The molecule has 0 aromatic carbocycles. The maximum atomic E-state index is 5.43. The van der Waals surface area contributed by atoms with Crippen molar-refractivity contribution in [2.24, 2.45) is 5.73 Å². The van der Waals surface area contributed by atoms with E-state index in [0.717, 1.165) is 19.5 Å². The minimum Gasteiger partial charge on any atom is -0.385 e. The Labute approximate surface area is 92.1 Å². The van der Waals surface area contributed by atoms with Crippen LogP contribution in [0.4, 0.5) is 5.69 Å². The fraction of sp³-hybridized carbons (Fsp3) is 0.583. The first-order chi connectivity index (χ1) is 7.34. The van der Waals surface area contributed by atoms with Crippen molar-refractivity contribution < 1.29 is 0 Å². The maximum Gasteiger partial charge on any atom is 0.0400 e. The van der Waals surface area contributed by atoms with Crippen molar-refractivity contribution in [3.05, 3.63) is 24.0 Å². The van der Waals surface area contributed by atoms with Gasteiger partial charge in [0.15, 0.2) is 0 Å². The van der Waals surface area contributed by atoms with E-state index in [9.17, 15) is 0 Å². The van der Waals surface area contributed by atoms with Gasteiger partial charge >= 0.3 is 0 Å². The molecular weight excluding hydrogens is 186 g/mol. The molecule has 0 fully saturated rings. The smallest absolute Gasteiger partial charge is 0.0400 e. The van der Waals surface area contributed by atoms with E-state index in [-0.39, 0.29) is 0 Å². The topological polar surface area (TPSA) is 50.9 Å². The van der Waals surface area contributed by atoms with E-state index < -0.39 is 0 Å². The van der Waals surface area contributed by atoms with Gasteiger partial charge in [-0.2, -0.15) is 0 Å². The summed E-state index contributed by atoms with van der Waals surface area (Å²) in [6.45, 7) is 3.93. The van der Waals surface area contributed by atoms with E-state index in [1.165, 1.54) is 30.5 Å². The van der Waals surface area contributed by atoms with Gasteiger partial charge in [0, 0.05) is 24.6 Å². The number of aryl methyl sites for hydroxylation is 1. The van der Waals surface area contributed by atoms with E-state index in [1.807, 2.05) is 18.5 Å². The Kier molecular flexibility index (Phi) is 5.78. The molecule has 0 bridgehead atoms. The number of hydrogen-bond acceptors (Lipinski definition) is 3. The number of aromatic nitrogens is 1. The Balaban J connectivity index is 2.12. The predicted molar refractivity (Wildman–Crippen MR) is 65.0 cm³/mol. The summed E-state index contributed by atoms with van der Waals surface area (Å²) in [5.74, 6) is 0. The summed E-state index contributed by atoms with van der Waals surface area (Å²) in [4.78, 5) is 4.06. The highest BCUT2D eigenvalue weighted by Gasteiger charge is 1.95. The van der Waals surface area contributed by atoms with Gasteiger partial charge in [0.25, 0.3) is 0 Å². The summed E-state index contributed by atoms with van der Waals surface area (Å²) >= 11 is 0. The van der Waals surface area contributed by atoms with Crippen LogP contribution in [0.3, 0.4) is 0 Å². The van der Waals surface area contributed by atoms with Crippen LogP contribution < -0.4 is 11.1 Å². The van der Waals surface area contributed by atoms with Gasteiger partial charge in [0.2, 0.25) is 0 Å². The van der Waals surface area contributed by atoms with E-state index in [4.69, 9.17) is 5.73 Å². The molecule has 1 rings (SSSR count). The van der Waals surface area contributed by atoms with Gasteiger partial charge in [0.05, 0.1) is 0 Å². The zero-order chi connectivity index (χ0) is 10.9. The molecule has 3 N–H and O–H groups in total. The Hall–Kier alpha value is -1.09. The summed E-state index contributed by atoms with van der Waals surface area (Å²) in [6.07, 6.45) is 8.57. The molecule has 0 aliphatic rings. The van der Waals surface area contributed by atoms with E-state index in [0.29, 0.717) is 0 Å². The molecule has 15 heavy (non-hydrogen) atoms. The third kappa shape index (κ3) is 4.79. The third-order valence-electron chi connectivity index (χ3n) is 2.47. The lowest BCUT2D eigenvalue weighted by Gasteiger charge is -2.08. The second-order valence-corrected chi connectivity index (χ2v) is 3.82. The SMILES string of the molecule is Cc1cnccc1NCCCCCCN. The van der Waals surface area contributed by atoms with Crippen LogP contribution in [-0.2, 0) is 0 Å². The zero-order valence-electron chi connectivity index (χ0n) is 9.50. The van der Waals surface area contributed by atoms with Crippen LogP contribution in [0, 0.1) is 6.92 Å². The molecule has 1 aromatic rings. The number of pyridine rings is 1. The standard InChI is InChI=1S/C12H21N3/c1-11-10-14-9-6-12(11)15-8-5-3-2-4-7-13/h6,9-10H,2-5,7-8,13H2,1H3,(H,14,15). The Morgan fingerprint density at radius 3 is 2.80 bits per heavy atom. The minimum absolute atomic E-state index is 0.816. The fourth-order valence-electron chi connectivity index (χ4n) is 1.52.